The molecule has 0 bridgehead atoms. The SMILES string of the molecule is CCCCCOc1ccccc1C(=O)NNC(=O)COc1ccc2cc(Br)ccc2c1Br. The van der Waals surface area contributed by atoms with Crippen molar-refractivity contribution in [3.8, 4) is 11.5 Å². The molecule has 2 N–H and O–H groups in total. The van der Waals surface area contributed by atoms with Crippen LogP contribution in [0.1, 0.15) is 36.5 Å². The van der Waals surface area contributed by atoms with Crippen molar-refractivity contribution in [3.63, 3.8) is 0 Å². The van der Waals surface area contributed by atoms with Crippen molar-refractivity contribution >= 4 is 54.4 Å². The fraction of sp³-hybridized carbons (Fsp3) is 0.250. The molecular formula is C24H24Br2N2O4. The largest absolute Gasteiger partial charge is 0.493 e. The fourth-order valence-corrected chi connectivity index (χ4v) is 4.03. The highest BCUT2D eigenvalue weighted by Crippen LogP contribution is 2.34. The number of rotatable bonds is 9. The Kier molecular flexibility index (Phi) is 8.93. The monoisotopic (exact) mass is 562 g/mol. The second-order valence-electron chi connectivity index (χ2n) is 7.09. The van der Waals surface area contributed by atoms with Crippen molar-refractivity contribution < 1.29 is 19.1 Å². The Morgan fingerprint density at radius 2 is 1.72 bits per heavy atom. The zero-order chi connectivity index (χ0) is 22.9. The summed E-state index contributed by atoms with van der Waals surface area (Å²) in [6.45, 7) is 2.40. The van der Waals surface area contributed by atoms with Crippen LogP contribution in [-0.4, -0.2) is 25.0 Å². The minimum absolute atomic E-state index is 0.254. The van der Waals surface area contributed by atoms with Gasteiger partial charge in [0.05, 0.1) is 16.6 Å². The molecule has 0 aliphatic heterocycles. The van der Waals surface area contributed by atoms with Crippen LogP contribution in [0.3, 0.4) is 0 Å². The standard InChI is InChI=1S/C24H24Br2N2O4/c1-2-3-6-13-31-20-8-5-4-7-19(20)24(30)28-27-22(29)15-32-21-12-9-16-14-17(25)10-11-18(16)23(21)26/h4-5,7-12,14H,2-3,6,13,15H2,1H3,(H,27,29)(H,28,30). The Bertz CT molecular complexity index is 1100. The first-order valence-corrected chi connectivity index (χ1v) is 11.9. The van der Waals surface area contributed by atoms with Gasteiger partial charge in [0.25, 0.3) is 11.8 Å². The minimum Gasteiger partial charge on any atom is -0.493 e. The molecule has 0 aromatic heterocycles. The number of carbonyl (C=O) groups is 2. The van der Waals surface area contributed by atoms with Crippen LogP contribution in [0, 0.1) is 0 Å². The number of unbranched alkanes of at least 4 members (excludes halogenated alkanes) is 2. The molecule has 0 fully saturated rings. The summed E-state index contributed by atoms with van der Waals surface area (Å²) >= 11 is 6.98. The van der Waals surface area contributed by atoms with E-state index in [9.17, 15) is 9.59 Å². The lowest BCUT2D eigenvalue weighted by molar-refractivity contribution is -0.123. The molecule has 168 valence electrons. The number of ether oxygens (including phenoxy) is 2. The van der Waals surface area contributed by atoms with Gasteiger partial charge in [-0.2, -0.15) is 0 Å². The molecule has 32 heavy (non-hydrogen) atoms. The molecule has 8 heteroatoms. The predicted octanol–water partition coefficient (Wildman–Crippen LogP) is 5.77. The van der Waals surface area contributed by atoms with E-state index in [1.807, 2.05) is 24.3 Å². The van der Waals surface area contributed by atoms with E-state index < -0.39 is 11.8 Å². The average molecular weight is 564 g/mol. The topological polar surface area (TPSA) is 76.7 Å². The van der Waals surface area contributed by atoms with Gasteiger partial charge in [-0.1, -0.05) is 60.0 Å². The molecule has 0 heterocycles. The molecule has 0 aliphatic rings. The van der Waals surface area contributed by atoms with E-state index in [2.05, 4.69) is 49.6 Å². The van der Waals surface area contributed by atoms with E-state index in [1.54, 1.807) is 30.3 Å². The summed E-state index contributed by atoms with van der Waals surface area (Å²) in [5.41, 5.74) is 5.15. The summed E-state index contributed by atoms with van der Waals surface area (Å²) < 4.78 is 13.1. The lowest BCUT2D eigenvalue weighted by atomic mass is 10.1. The normalized spacial score (nSPS) is 10.6. The first kappa shape index (κ1) is 24.1. The van der Waals surface area contributed by atoms with Gasteiger partial charge in [0.1, 0.15) is 11.5 Å². The molecule has 0 atom stereocenters. The van der Waals surface area contributed by atoms with E-state index in [1.165, 1.54) is 0 Å². The van der Waals surface area contributed by atoms with Crippen LogP contribution in [0.4, 0.5) is 0 Å². The molecule has 2 amide bonds. The number of amides is 2. The lowest BCUT2D eigenvalue weighted by Gasteiger charge is -2.13. The summed E-state index contributed by atoms with van der Waals surface area (Å²) in [7, 11) is 0. The molecule has 3 aromatic carbocycles. The van der Waals surface area contributed by atoms with Crippen LogP contribution in [0.2, 0.25) is 0 Å². The van der Waals surface area contributed by atoms with E-state index in [0.29, 0.717) is 23.7 Å². The third-order valence-corrected chi connectivity index (χ3v) is 6.00. The van der Waals surface area contributed by atoms with Crippen molar-refractivity contribution in [2.45, 2.75) is 26.2 Å². The van der Waals surface area contributed by atoms with Crippen molar-refractivity contribution in [2.75, 3.05) is 13.2 Å². The smallest absolute Gasteiger partial charge is 0.276 e. The fourth-order valence-electron chi connectivity index (χ4n) is 3.04. The summed E-state index contributed by atoms with van der Waals surface area (Å²) in [6.07, 6.45) is 3.07. The van der Waals surface area contributed by atoms with Crippen LogP contribution in [0.5, 0.6) is 11.5 Å². The summed E-state index contributed by atoms with van der Waals surface area (Å²) in [5, 5.41) is 2.00. The van der Waals surface area contributed by atoms with Gasteiger partial charge in [0.2, 0.25) is 0 Å². The van der Waals surface area contributed by atoms with Gasteiger partial charge in [-0.3, -0.25) is 20.4 Å². The third-order valence-electron chi connectivity index (χ3n) is 4.69. The van der Waals surface area contributed by atoms with Gasteiger partial charge in [-0.25, -0.2) is 0 Å². The Hall–Kier alpha value is -2.58. The van der Waals surface area contributed by atoms with Crippen LogP contribution in [0.15, 0.2) is 63.5 Å². The zero-order valence-corrected chi connectivity index (χ0v) is 20.8. The van der Waals surface area contributed by atoms with Gasteiger partial charge in [0.15, 0.2) is 6.61 Å². The Morgan fingerprint density at radius 3 is 2.53 bits per heavy atom. The molecule has 0 radical (unpaired) electrons. The van der Waals surface area contributed by atoms with Gasteiger partial charge in [0, 0.05) is 4.47 Å². The number of hydrazine groups is 1. The molecule has 3 rings (SSSR count). The van der Waals surface area contributed by atoms with Crippen LogP contribution >= 0.6 is 31.9 Å². The predicted molar refractivity (Wildman–Crippen MR) is 132 cm³/mol. The second-order valence-corrected chi connectivity index (χ2v) is 8.79. The van der Waals surface area contributed by atoms with Gasteiger partial charge in [-0.15, -0.1) is 0 Å². The van der Waals surface area contributed by atoms with E-state index in [-0.39, 0.29) is 6.61 Å². The molecular weight excluding hydrogens is 540 g/mol. The second kappa shape index (κ2) is 11.9. The van der Waals surface area contributed by atoms with E-state index >= 15 is 0 Å². The number of carbonyl (C=O) groups excluding carboxylic acids is 2. The molecule has 0 saturated heterocycles. The highest BCUT2D eigenvalue weighted by molar-refractivity contribution is 9.11. The number of fused-ring (bicyclic) bond motifs is 1. The number of para-hydroxylation sites is 1. The average Bonchev–Trinajstić information content (AvgIpc) is 2.80. The van der Waals surface area contributed by atoms with Crippen LogP contribution in [-0.2, 0) is 4.79 Å². The van der Waals surface area contributed by atoms with Gasteiger partial charge in [-0.05, 0) is 63.5 Å². The van der Waals surface area contributed by atoms with E-state index in [4.69, 9.17) is 9.47 Å². The number of hydrogen-bond acceptors (Lipinski definition) is 4. The van der Waals surface area contributed by atoms with Crippen LogP contribution in [0.25, 0.3) is 10.8 Å². The van der Waals surface area contributed by atoms with Gasteiger partial charge >= 0.3 is 0 Å². The van der Waals surface area contributed by atoms with Gasteiger partial charge < -0.3 is 9.47 Å². The number of halogens is 2. The Morgan fingerprint density at radius 1 is 0.906 bits per heavy atom. The van der Waals surface area contributed by atoms with Crippen molar-refractivity contribution in [2.24, 2.45) is 0 Å². The molecule has 0 aliphatic carbocycles. The summed E-state index contributed by atoms with van der Waals surface area (Å²) in [5.74, 6) is 0.0786. The zero-order valence-electron chi connectivity index (χ0n) is 17.6. The summed E-state index contributed by atoms with van der Waals surface area (Å²) in [4.78, 5) is 24.7. The quantitative estimate of drug-likeness (QED) is 0.256. The maximum Gasteiger partial charge on any atom is 0.276 e. The Labute approximate surface area is 203 Å². The molecule has 3 aromatic rings. The minimum atomic E-state index is -0.484. The molecule has 0 unspecified atom stereocenters. The maximum absolute atomic E-state index is 12.5. The summed E-state index contributed by atoms with van der Waals surface area (Å²) in [6, 6.07) is 16.5. The number of nitrogens with one attached hydrogen (secondary N) is 2. The lowest BCUT2D eigenvalue weighted by Crippen LogP contribution is -2.44. The molecule has 0 saturated carbocycles. The van der Waals surface area contributed by atoms with Crippen molar-refractivity contribution in [1.29, 1.82) is 0 Å². The number of hydrogen-bond donors (Lipinski definition) is 2. The maximum atomic E-state index is 12.5. The molecule has 0 spiro atoms. The Balaban J connectivity index is 1.53. The van der Waals surface area contributed by atoms with Crippen molar-refractivity contribution in [3.05, 3.63) is 69.1 Å². The first-order chi connectivity index (χ1) is 15.5. The van der Waals surface area contributed by atoms with Crippen molar-refractivity contribution in [1.82, 2.24) is 10.9 Å². The van der Waals surface area contributed by atoms with Crippen LogP contribution < -0.4 is 20.3 Å². The number of benzene rings is 3. The van der Waals surface area contributed by atoms with E-state index in [0.717, 1.165) is 39.0 Å². The first-order valence-electron chi connectivity index (χ1n) is 10.3. The highest BCUT2D eigenvalue weighted by Gasteiger charge is 2.14. The third kappa shape index (κ3) is 6.46. The highest BCUT2D eigenvalue weighted by atomic mass is 79.9. The molecule has 6 nitrogen and oxygen atoms in total.